The van der Waals surface area contributed by atoms with Gasteiger partial charge < -0.3 is 5.73 Å². The summed E-state index contributed by atoms with van der Waals surface area (Å²) in [5.74, 6) is 1.89. The van der Waals surface area contributed by atoms with Gasteiger partial charge in [0.2, 0.25) is 5.91 Å². The van der Waals surface area contributed by atoms with Crippen molar-refractivity contribution in [1.29, 1.82) is 0 Å². The molecule has 0 spiro atoms. The van der Waals surface area contributed by atoms with Crippen LogP contribution in [-0.4, -0.2) is 19.1 Å². The molecule has 0 saturated carbocycles. The van der Waals surface area contributed by atoms with Crippen molar-refractivity contribution < 1.29 is 9.63 Å². The van der Waals surface area contributed by atoms with E-state index in [1.165, 1.54) is 0 Å². The summed E-state index contributed by atoms with van der Waals surface area (Å²) in [4.78, 5) is 14.8. The summed E-state index contributed by atoms with van der Waals surface area (Å²) in [7, 11) is 0. The fourth-order valence-corrected chi connectivity index (χ4v) is 0.339. The number of carbonyl (C=O) groups excluding carboxylic acids is 1. The van der Waals surface area contributed by atoms with Crippen LogP contribution in [-0.2, 0) is 9.63 Å². The van der Waals surface area contributed by atoms with Crippen molar-refractivity contribution in [2.24, 2.45) is 5.73 Å². The summed E-state index contributed by atoms with van der Waals surface area (Å²) in [5.41, 5.74) is 7.31. The van der Waals surface area contributed by atoms with E-state index in [0.717, 1.165) is 0 Å². The molecule has 0 rings (SSSR count). The smallest absolute Gasteiger partial charge is 0.218 e. The molecule has 0 aliphatic rings. The first-order valence-corrected chi connectivity index (χ1v) is 2.83. The molecule has 0 atom stereocenters. The van der Waals surface area contributed by atoms with Gasteiger partial charge in [0.05, 0.1) is 0 Å². The van der Waals surface area contributed by atoms with Gasteiger partial charge in [0.15, 0.2) is 0 Å². The van der Waals surface area contributed by atoms with Gasteiger partial charge in [0, 0.05) is 13.0 Å². The fourth-order valence-electron chi connectivity index (χ4n) is 0.339. The van der Waals surface area contributed by atoms with Gasteiger partial charge in [-0.15, -0.1) is 6.42 Å². The number of rotatable bonds is 5. The molecule has 0 aromatic carbocycles. The van der Waals surface area contributed by atoms with Gasteiger partial charge in [-0.25, -0.2) is 5.48 Å². The van der Waals surface area contributed by atoms with Crippen molar-refractivity contribution in [2.75, 3.05) is 13.2 Å². The Balaban J connectivity index is 2.92. The SMILES string of the molecule is C#CCONCCC(N)=O. The number of hydrogen-bond donors (Lipinski definition) is 2. The van der Waals surface area contributed by atoms with Crippen LogP contribution >= 0.6 is 0 Å². The van der Waals surface area contributed by atoms with E-state index in [-0.39, 0.29) is 18.9 Å². The molecule has 0 unspecified atom stereocenters. The van der Waals surface area contributed by atoms with Gasteiger partial charge in [-0.1, -0.05) is 5.92 Å². The van der Waals surface area contributed by atoms with E-state index in [4.69, 9.17) is 12.2 Å². The van der Waals surface area contributed by atoms with Crippen LogP contribution in [0.5, 0.6) is 0 Å². The maximum Gasteiger partial charge on any atom is 0.218 e. The highest BCUT2D eigenvalue weighted by Crippen LogP contribution is 1.72. The van der Waals surface area contributed by atoms with Crippen molar-refractivity contribution in [3.05, 3.63) is 0 Å². The van der Waals surface area contributed by atoms with Crippen molar-refractivity contribution in [1.82, 2.24) is 5.48 Å². The van der Waals surface area contributed by atoms with E-state index in [9.17, 15) is 4.79 Å². The van der Waals surface area contributed by atoms with Crippen LogP contribution in [0.25, 0.3) is 0 Å². The number of terminal acetylenes is 1. The third-order valence-corrected chi connectivity index (χ3v) is 0.731. The Morgan fingerprint density at radius 2 is 2.50 bits per heavy atom. The molecule has 0 saturated heterocycles. The largest absolute Gasteiger partial charge is 0.370 e. The lowest BCUT2D eigenvalue weighted by Crippen LogP contribution is -2.22. The topological polar surface area (TPSA) is 64.3 Å². The molecular formula is C6H10N2O2. The summed E-state index contributed by atoms with van der Waals surface area (Å²) >= 11 is 0. The van der Waals surface area contributed by atoms with E-state index in [2.05, 4.69) is 16.2 Å². The van der Waals surface area contributed by atoms with E-state index < -0.39 is 0 Å². The average Bonchev–Trinajstić information content (AvgIpc) is 1.87. The number of nitrogens with one attached hydrogen (secondary N) is 1. The van der Waals surface area contributed by atoms with E-state index >= 15 is 0 Å². The molecule has 0 fully saturated rings. The molecule has 0 radical (unpaired) electrons. The summed E-state index contributed by atoms with van der Waals surface area (Å²) in [5, 5.41) is 0. The molecule has 0 heterocycles. The van der Waals surface area contributed by atoms with E-state index in [0.29, 0.717) is 6.54 Å². The van der Waals surface area contributed by atoms with Crippen LogP contribution in [0, 0.1) is 12.3 Å². The van der Waals surface area contributed by atoms with Crippen molar-refractivity contribution in [3.8, 4) is 12.3 Å². The average molecular weight is 142 g/mol. The van der Waals surface area contributed by atoms with Gasteiger partial charge in [-0.2, -0.15) is 0 Å². The van der Waals surface area contributed by atoms with Crippen LogP contribution in [0.3, 0.4) is 0 Å². The summed E-state index contributed by atoms with van der Waals surface area (Å²) in [6.07, 6.45) is 5.12. The number of nitrogens with two attached hydrogens (primary N) is 1. The minimum atomic E-state index is -0.364. The second-order valence-electron chi connectivity index (χ2n) is 1.60. The number of primary amides is 1. The third kappa shape index (κ3) is 6.95. The molecule has 0 aromatic rings. The second kappa shape index (κ2) is 6.08. The zero-order valence-corrected chi connectivity index (χ0v) is 5.59. The Labute approximate surface area is 59.7 Å². The lowest BCUT2D eigenvalue weighted by Gasteiger charge is -1.98. The summed E-state index contributed by atoms with van der Waals surface area (Å²) in [6.45, 7) is 0.593. The van der Waals surface area contributed by atoms with Gasteiger partial charge in [0.1, 0.15) is 6.61 Å². The van der Waals surface area contributed by atoms with Crippen molar-refractivity contribution in [2.45, 2.75) is 6.42 Å². The first-order valence-electron chi connectivity index (χ1n) is 2.83. The maximum absolute atomic E-state index is 10.1. The zero-order valence-electron chi connectivity index (χ0n) is 5.59. The monoisotopic (exact) mass is 142 g/mol. The molecule has 3 N–H and O–H groups in total. The summed E-state index contributed by atoms with van der Waals surface area (Å²) < 4.78 is 0. The molecule has 4 nitrogen and oxygen atoms in total. The van der Waals surface area contributed by atoms with Crippen LogP contribution in [0.2, 0.25) is 0 Å². The number of carbonyl (C=O) groups is 1. The summed E-state index contributed by atoms with van der Waals surface area (Å²) in [6, 6.07) is 0. The molecule has 56 valence electrons. The molecule has 10 heavy (non-hydrogen) atoms. The molecule has 4 heteroatoms. The van der Waals surface area contributed by atoms with Crippen LogP contribution < -0.4 is 11.2 Å². The van der Waals surface area contributed by atoms with Crippen molar-refractivity contribution in [3.63, 3.8) is 0 Å². The van der Waals surface area contributed by atoms with E-state index in [1.807, 2.05) is 0 Å². The predicted octanol–water partition coefficient (Wildman–Crippen LogP) is -0.984. The third-order valence-electron chi connectivity index (χ3n) is 0.731. The minimum absolute atomic E-state index is 0.193. The maximum atomic E-state index is 10.1. The highest BCUT2D eigenvalue weighted by atomic mass is 16.6. The first-order chi connectivity index (χ1) is 4.77. The Bertz CT molecular complexity index is 139. The fraction of sp³-hybridized carbons (Fsp3) is 0.500. The van der Waals surface area contributed by atoms with Gasteiger partial charge in [0.25, 0.3) is 0 Å². The second-order valence-corrected chi connectivity index (χ2v) is 1.60. The molecule has 0 aliphatic carbocycles. The molecular weight excluding hydrogens is 132 g/mol. The van der Waals surface area contributed by atoms with Gasteiger partial charge in [-0.05, 0) is 0 Å². The lowest BCUT2D eigenvalue weighted by molar-refractivity contribution is -0.118. The molecule has 0 aliphatic heterocycles. The van der Waals surface area contributed by atoms with Crippen molar-refractivity contribution >= 4 is 5.91 Å². The van der Waals surface area contributed by atoms with Crippen LogP contribution in [0.4, 0.5) is 0 Å². The molecule has 0 bridgehead atoms. The minimum Gasteiger partial charge on any atom is -0.370 e. The number of amides is 1. The predicted molar refractivity (Wildman–Crippen MR) is 36.6 cm³/mol. The highest BCUT2D eigenvalue weighted by molar-refractivity contribution is 5.73. The Kier molecular flexibility index (Phi) is 5.44. The lowest BCUT2D eigenvalue weighted by atomic mass is 10.4. The molecule has 1 amide bonds. The highest BCUT2D eigenvalue weighted by Gasteiger charge is 1.91. The zero-order chi connectivity index (χ0) is 7.82. The quantitative estimate of drug-likeness (QED) is 0.294. The number of hydroxylamine groups is 1. The van der Waals surface area contributed by atoms with Crippen LogP contribution in [0.1, 0.15) is 6.42 Å². The Hall–Kier alpha value is -1.05. The standard InChI is InChI=1S/C6H10N2O2/c1-2-5-10-8-4-3-6(7)9/h1,8H,3-5H2,(H2,7,9). The van der Waals surface area contributed by atoms with Gasteiger partial charge in [-0.3, -0.25) is 9.63 Å². The van der Waals surface area contributed by atoms with Gasteiger partial charge >= 0.3 is 0 Å². The van der Waals surface area contributed by atoms with Crippen LogP contribution in [0.15, 0.2) is 0 Å². The first kappa shape index (κ1) is 8.95. The van der Waals surface area contributed by atoms with E-state index in [1.54, 1.807) is 0 Å². The molecule has 0 aromatic heterocycles. The number of hydrogen-bond acceptors (Lipinski definition) is 3. The Morgan fingerprint density at radius 3 is 3.00 bits per heavy atom. The normalized spacial score (nSPS) is 8.70. The Morgan fingerprint density at radius 1 is 1.80 bits per heavy atom.